The fraction of sp³-hybridized carbons (Fsp3) is 0.412. The van der Waals surface area contributed by atoms with Gasteiger partial charge in [0.05, 0.1) is 5.75 Å². The Bertz CT molecular complexity index is 581. The molecule has 2 aromatic rings. The molecule has 0 saturated carbocycles. The highest BCUT2D eigenvalue weighted by atomic mass is 32.2. The highest BCUT2D eigenvalue weighted by molar-refractivity contribution is 7.98. The molecule has 0 saturated heterocycles. The summed E-state index contributed by atoms with van der Waals surface area (Å²) in [5.74, 6) is 1.68. The van der Waals surface area contributed by atoms with Gasteiger partial charge >= 0.3 is 0 Å². The van der Waals surface area contributed by atoms with Gasteiger partial charge in [0, 0.05) is 28.7 Å². The van der Waals surface area contributed by atoms with Crippen LogP contribution in [0.1, 0.15) is 36.1 Å². The van der Waals surface area contributed by atoms with Crippen molar-refractivity contribution >= 4 is 11.8 Å². The maximum Gasteiger partial charge on any atom is 0.139 e. The molecular weight excluding hydrogens is 278 g/mol. The largest absolute Gasteiger partial charge is 0.327 e. The van der Waals surface area contributed by atoms with E-state index >= 15 is 0 Å². The Morgan fingerprint density at radius 2 is 1.86 bits per heavy atom. The van der Waals surface area contributed by atoms with Crippen LogP contribution in [-0.2, 0) is 12.2 Å². The molecule has 1 aromatic carbocycles. The number of rotatable bonds is 6. The van der Waals surface area contributed by atoms with Crippen LogP contribution in [0.3, 0.4) is 0 Å². The van der Waals surface area contributed by atoms with Gasteiger partial charge in [-0.15, -0.1) is 11.8 Å². The van der Waals surface area contributed by atoms with Gasteiger partial charge in [-0.05, 0) is 38.5 Å². The second kappa shape index (κ2) is 7.57. The lowest BCUT2D eigenvalue weighted by molar-refractivity contribution is 0.633. The molecule has 0 fully saturated rings. The zero-order valence-electron chi connectivity index (χ0n) is 13.0. The van der Waals surface area contributed by atoms with Gasteiger partial charge in [0.25, 0.3) is 0 Å². The minimum absolute atomic E-state index is 0.178. The molecule has 0 spiro atoms. The summed E-state index contributed by atoms with van der Waals surface area (Å²) >= 11 is 1.77. The molecule has 0 aliphatic rings. The first kappa shape index (κ1) is 16.0. The van der Waals surface area contributed by atoms with Gasteiger partial charge in [-0.3, -0.25) is 0 Å². The van der Waals surface area contributed by atoms with Crippen LogP contribution in [0, 0.1) is 13.8 Å². The molecule has 2 N–H and O–H groups in total. The summed E-state index contributed by atoms with van der Waals surface area (Å²) in [4.78, 5) is 10.4. The first-order valence-electron chi connectivity index (χ1n) is 7.35. The molecule has 1 aromatic heterocycles. The minimum Gasteiger partial charge on any atom is -0.327 e. The maximum atomic E-state index is 6.02. The lowest BCUT2D eigenvalue weighted by Crippen LogP contribution is -2.22. The first-order chi connectivity index (χ1) is 10.1. The number of hydrogen-bond donors (Lipinski definition) is 1. The Kier molecular flexibility index (Phi) is 5.76. The normalized spacial score (nSPS) is 12.4. The van der Waals surface area contributed by atoms with E-state index in [0.29, 0.717) is 0 Å². The number of thioether (sulfide) groups is 1. The third-order valence-electron chi connectivity index (χ3n) is 3.34. The number of nitrogens with zero attached hydrogens (tertiary/aromatic N) is 2. The van der Waals surface area contributed by atoms with Crippen LogP contribution in [0.2, 0.25) is 0 Å². The fourth-order valence-electron chi connectivity index (χ4n) is 2.06. The molecule has 4 heteroatoms. The van der Waals surface area contributed by atoms with Crippen LogP contribution in [-0.4, -0.2) is 16.0 Å². The molecule has 0 radical (unpaired) electrons. The van der Waals surface area contributed by atoms with Crippen molar-refractivity contribution < 1.29 is 0 Å². The Hall–Kier alpha value is -1.39. The molecule has 0 aliphatic carbocycles. The summed E-state index contributed by atoms with van der Waals surface area (Å²) < 4.78 is 0. The summed E-state index contributed by atoms with van der Waals surface area (Å²) in [5.41, 5.74) is 9.37. The van der Waals surface area contributed by atoms with Gasteiger partial charge in [0.2, 0.25) is 0 Å². The predicted octanol–water partition coefficient (Wildman–Crippen LogP) is 3.67. The van der Waals surface area contributed by atoms with Gasteiger partial charge < -0.3 is 5.73 Å². The van der Waals surface area contributed by atoms with E-state index in [1.165, 1.54) is 10.5 Å². The van der Waals surface area contributed by atoms with Crippen LogP contribution >= 0.6 is 11.8 Å². The average Bonchev–Trinajstić information content (AvgIpc) is 2.46. The molecular formula is C17H23N3S. The summed E-state index contributed by atoms with van der Waals surface area (Å²) in [6, 6.07) is 10.8. The van der Waals surface area contributed by atoms with Gasteiger partial charge in [-0.25, -0.2) is 9.97 Å². The predicted molar refractivity (Wildman–Crippen MR) is 89.5 cm³/mol. The van der Waals surface area contributed by atoms with Crippen LogP contribution in [0.25, 0.3) is 0 Å². The number of benzene rings is 1. The SMILES string of the molecule is CCC(N)Cc1cc(C)nc(CSc2ccc(C)cc2)n1. The minimum atomic E-state index is 0.178. The molecule has 1 atom stereocenters. The van der Waals surface area contributed by atoms with Gasteiger partial charge in [-0.2, -0.15) is 0 Å². The van der Waals surface area contributed by atoms with E-state index in [9.17, 15) is 0 Å². The van der Waals surface area contributed by atoms with Crippen molar-refractivity contribution in [2.24, 2.45) is 5.73 Å². The molecule has 112 valence electrons. The smallest absolute Gasteiger partial charge is 0.139 e. The zero-order valence-corrected chi connectivity index (χ0v) is 13.8. The summed E-state index contributed by atoms with van der Waals surface area (Å²) in [6.07, 6.45) is 1.79. The Morgan fingerprint density at radius 3 is 2.52 bits per heavy atom. The number of aryl methyl sites for hydroxylation is 2. The topological polar surface area (TPSA) is 51.8 Å². The monoisotopic (exact) mass is 301 g/mol. The van der Waals surface area contributed by atoms with E-state index in [-0.39, 0.29) is 6.04 Å². The Labute approximate surface area is 131 Å². The molecule has 3 nitrogen and oxygen atoms in total. The van der Waals surface area contributed by atoms with Crippen molar-refractivity contribution in [2.45, 2.75) is 50.3 Å². The van der Waals surface area contributed by atoms with Crippen molar-refractivity contribution in [3.63, 3.8) is 0 Å². The number of aromatic nitrogens is 2. The lowest BCUT2D eigenvalue weighted by Gasteiger charge is -2.10. The van der Waals surface area contributed by atoms with Crippen molar-refractivity contribution in [3.8, 4) is 0 Å². The van der Waals surface area contributed by atoms with Crippen molar-refractivity contribution in [1.29, 1.82) is 0 Å². The molecule has 21 heavy (non-hydrogen) atoms. The molecule has 0 aliphatic heterocycles. The molecule has 1 heterocycles. The van der Waals surface area contributed by atoms with Crippen LogP contribution in [0.5, 0.6) is 0 Å². The summed E-state index contributed by atoms with van der Waals surface area (Å²) in [7, 11) is 0. The van der Waals surface area contributed by atoms with E-state index in [2.05, 4.69) is 48.1 Å². The third kappa shape index (κ3) is 5.14. The Morgan fingerprint density at radius 1 is 1.14 bits per heavy atom. The van der Waals surface area contributed by atoms with E-state index in [0.717, 1.165) is 35.8 Å². The van der Waals surface area contributed by atoms with E-state index in [1.54, 1.807) is 11.8 Å². The maximum absolute atomic E-state index is 6.02. The highest BCUT2D eigenvalue weighted by Crippen LogP contribution is 2.22. The molecule has 2 rings (SSSR count). The number of nitrogens with two attached hydrogens (primary N) is 1. The summed E-state index contributed by atoms with van der Waals surface area (Å²) in [6.45, 7) is 6.22. The van der Waals surface area contributed by atoms with Crippen LogP contribution in [0.15, 0.2) is 35.2 Å². The van der Waals surface area contributed by atoms with Gasteiger partial charge in [0.15, 0.2) is 0 Å². The number of hydrogen-bond acceptors (Lipinski definition) is 4. The fourth-order valence-corrected chi connectivity index (χ4v) is 2.82. The average molecular weight is 301 g/mol. The van der Waals surface area contributed by atoms with Crippen molar-refractivity contribution in [2.75, 3.05) is 0 Å². The molecule has 1 unspecified atom stereocenters. The van der Waals surface area contributed by atoms with Crippen molar-refractivity contribution in [3.05, 3.63) is 53.1 Å². The van der Waals surface area contributed by atoms with Gasteiger partial charge in [0.1, 0.15) is 5.82 Å². The quantitative estimate of drug-likeness (QED) is 0.827. The van der Waals surface area contributed by atoms with Crippen LogP contribution in [0.4, 0.5) is 0 Å². The van der Waals surface area contributed by atoms with Crippen molar-refractivity contribution in [1.82, 2.24) is 9.97 Å². The first-order valence-corrected chi connectivity index (χ1v) is 8.34. The molecule has 0 bridgehead atoms. The van der Waals surface area contributed by atoms with Crippen LogP contribution < -0.4 is 5.73 Å². The van der Waals surface area contributed by atoms with E-state index < -0.39 is 0 Å². The standard InChI is InChI=1S/C17H23N3S/c1-4-14(18)10-15-9-13(3)19-17(20-15)11-21-16-7-5-12(2)6-8-16/h5-9,14H,4,10-11,18H2,1-3H3. The highest BCUT2D eigenvalue weighted by Gasteiger charge is 2.07. The second-order valence-corrected chi connectivity index (χ2v) is 6.44. The lowest BCUT2D eigenvalue weighted by atomic mass is 10.1. The summed E-state index contributed by atoms with van der Waals surface area (Å²) in [5, 5.41) is 0. The van der Waals surface area contributed by atoms with E-state index in [4.69, 9.17) is 5.73 Å². The second-order valence-electron chi connectivity index (χ2n) is 5.39. The molecule has 0 amide bonds. The third-order valence-corrected chi connectivity index (χ3v) is 4.35. The zero-order chi connectivity index (χ0) is 15.2. The van der Waals surface area contributed by atoms with E-state index in [1.807, 2.05) is 13.0 Å². The van der Waals surface area contributed by atoms with Gasteiger partial charge in [-0.1, -0.05) is 24.6 Å². The Balaban J connectivity index is 2.04.